The van der Waals surface area contributed by atoms with E-state index in [4.69, 9.17) is 0 Å². The van der Waals surface area contributed by atoms with Crippen LogP contribution in [0.2, 0.25) is 0 Å². The van der Waals surface area contributed by atoms with Gasteiger partial charge in [-0.25, -0.2) is 0 Å². The Labute approximate surface area is 144 Å². The molecule has 2 aromatic rings. The fourth-order valence-corrected chi connectivity index (χ4v) is 4.27. The fraction of sp³-hybridized carbons (Fsp3) is 0.471. The van der Waals surface area contributed by atoms with Crippen molar-refractivity contribution in [3.8, 4) is 11.3 Å². The first-order valence-electron chi connectivity index (χ1n) is 8.39. The smallest absolute Gasteiger partial charge is 0.272 e. The predicted octanol–water partition coefficient (Wildman–Crippen LogP) is 2.37. The van der Waals surface area contributed by atoms with Crippen molar-refractivity contribution in [3.63, 3.8) is 0 Å². The maximum atomic E-state index is 12.6. The molecular weight excluding hydrogens is 324 g/mol. The van der Waals surface area contributed by atoms with Gasteiger partial charge in [-0.3, -0.25) is 14.7 Å². The van der Waals surface area contributed by atoms with Crippen LogP contribution in [0.15, 0.2) is 22.9 Å². The van der Waals surface area contributed by atoms with E-state index in [2.05, 4.69) is 10.2 Å². The van der Waals surface area contributed by atoms with E-state index in [0.717, 1.165) is 24.1 Å². The number of carbonyl (C=O) groups is 2. The molecule has 126 valence electrons. The molecule has 2 aromatic heterocycles. The Bertz CT molecular complexity index is 734. The molecule has 3 heterocycles. The average molecular weight is 344 g/mol. The van der Waals surface area contributed by atoms with Gasteiger partial charge in [-0.1, -0.05) is 12.8 Å². The van der Waals surface area contributed by atoms with Crippen molar-refractivity contribution in [1.29, 1.82) is 0 Å². The molecule has 2 fully saturated rings. The summed E-state index contributed by atoms with van der Waals surface area (Å²) in [7, 11) is 0. The second-order valence-electron chi connectivity index (χ2n) is 6.43. The summed E-state index contributed by atoms with van der Waals surface area (Å²) < 4.78 is 0. The van der Waals surface area contributed by atoms with Gasteiger partial charge in [0.1, 0.15) is 12.2 Å². The molecule has 0 bridgehead atoms. The van der Waals surface area contributed by atoms with Crippen molar-refractivity contribution < 1.29 is 9.59 Å². The van der Waals surface area contributed by atoms with Crippen molar-refractivity contribution in [2.75, 3.05) is 19.6 Å². The lowest BCUT2D eigenvalue weighted by molar-refractivity contribution is -0.137. The number of piperazine rings is 1. The lowest BCUT2D eigenvalue weighted by Gasteiger charge is -2.37. The van der Waals surface area contributed by atoms with Gasteiger partial charge in [0.2, 0.25) is 5.91 Å². The van der Waals surface area contributed by atoms with Crippen LogP contribution >= 0.6 is 11.3 Å². The third-order valence-corrected chi connectivity index (χ3v) is 5.62. The summed E-state index contributed by atoms with van der Waals surface area (Å²) in [4.78, 5) is 28.7. The zero-order valence-electron chi connectivity index (χ0n) is 13.4. The van der Waals surface area contributed by atoms with Gasteiger partial charge in [-0.2, -0.15) is 16.4 Å². The van der Waals surface area contributed by atoms with Crippen molar-refractivity contribution >= 4 is 23.2 Å². The maximum absolute atomic E-state index is 12.6. The van der Waals surface area contributed by atoms with Crippen LogP contribution < -0.4 is 0 Å². The summed E-state index contributed by atoms with van der Waals surface area (Å²) in [6, 6.07) is 4.11. The zero-order valence-corrected chi connectivity index (χ0v) is 14.2. The predicted molar refractivity (Wildman–Crippen MR) is 91.8 cm³/mol. The van der Waals surface area contributed by atoms with E-state index >= 15 is 0 Å². The normalized spacial score (nSPS) is 19.2. The average Bonchev–Trinajstić information content (AvgIpc) is 3.34. The van der Waals surface area contributed by atoms with Crippen LogP contribution in [-0.2, 0) is 4.79 Å². The molecule has 24 heavy (non-hydrogen) atoms. The van der Waals surface area contributed by atoms with Crippen molar-refractivity contribution in [2.24, 2.45) is 0 Å². The summed E-state index contributed by atoms with van der Waals surface area (Å²) in [5, 5.41) is 11.0. The van der Waals surface area contributed by atoms with E-state index in [0.29, 0.717) is 24.8 Å². The van der Waals surface area contributed by atoms with Crippen LogP contribution in [0.25, 0.3) is 11.3 Å². The molecule has 2 aliphatic rings. The minimum atomic E-state index is -0.150. The van der Waals surface area contributed by atoms with E-state index in [1.165, 1.54) is 12.8 Å². The highest BCUT2D eigenvalue weighted by atomic mass is 32.1. The third-order valence-electron chi connectivity index (χ3n) is 4.94. The van der Waals surface area contributed by atoms with Gasteiger partial charge in [-0.15, -0.1) is 0 Å². The number of H-pyrrole nitrogens is 1. The molecule has 0 unspecified atom stereocenters. The molecule has 1 N–H and O–H groups in total. The summed E-state index contributed by atoms with van der Waals surface area (Å²) in [5.41, 5.74) is 2.20. The minimum Gasteiger partial charge on any atom is -0.336 e. The van der Waals surface area contributed by atoms with E-state index < -0.39 is 0 Å². The monoisotopic (exact) mass is 344 g/mol. The van der Waals surface area contributed by atoms with Gasteiger partial charge in [0, 0.05) is 30.1 Å². The Hall–Kier alpha value is -2.15. The fourth-order valence-electron chi connectivity index (χ4n) is 3.62. The van der Waals surface area contributed by atoms with Crippen LogP contribution in [0.3, 0.4) is 0 Å². The molecular formula is C17H20N4O2S. The van der Waals surface area contributed by atoms with Crippen molar-refractivity contribution in [3.05, 3.63) is 28.6 Å². The van der Waals surface area contributed by atoms with Crippen LogP contribution in [0.1, 0.15) is 36.2 Å². The Balaban J connectivity index is 1.43. The molecule has 1 aliphatic heterocycles. The molecule has 4 rings (SSSR count). The van der Waals surface area contributed by atoms with Gasteiger partial charge in [0.05, 0.1) is 5.69 Å². The number of hydrogen-bond acceptors (Lipinski definition) is 4. The number of aromatic nitrogens is 2. The summed E-state index contributed by atoms with van der Waals surface area (Å²) in [5.74, 6) is -0.0810. The van der Waals surface area contributed by atoms with Crippen LogP contribution in [0.4, 0.5) is 0 Å². The largest absolute Gasteiger partial charge is 0.336 e. The first-order chi connectivity index (χ1) is 11.7. The number of carbonyl (C=O) groups excluding carboxylic acids is 2. The van der Waals surface area contributed by atoms with Gasteiger partial charge in [0.25, 0.3) is 5.91 Å². The first-order valence-corrected chi connectivity index (χ1v) is 9.33. The number of rotatable bonds is 3. The number of aromatic amines is 1. The van der Waals surface area contributed by atoms with E-state index in [1.807, 2.05) is 21.7 Å². The second kappa shape index (κ2) is 6.39. The lowest BCUT2D eigenvalue weighted by atomic mass is 10.1. The first kappa shape index (κ1) is 15.4. The van der Waals surface area contributed by atoms with E-state index in [1.54, 1.807) is 22.3 Å². The second-order valence-corrected chi connectivity index (χ2v) is 7.21. The number of amides is 2. The number of hydrogen-bond donors (Lipinski definition) is 1. The van der Waals surface area contributed by atoms with Crippen molar-refractivity contribution in [2.45, 2.75) is 31.7 Å². The zero-order chi connectivity index (χ0) is 16.5. The molecule has 6 nitrogen and oxygen atoms in total. The minimum absolute atomic E-state index is 0.0686. The molecule has 7 heteroatoms. The summed E-state index contributed by atoms with van der Waals surface area (Å²) in [6.45, 7) is 1.40. The molecule has 0 atom stereocenters. The molecule has 0 aromatic carbocycles. The summed E-state index contributed by atoms with van der Waals surface area (Å²) in [6.07, 6.45) is 4.61. The number of nitrogens with one attached hydrogen (secondary N) is 1. The lowest BCUT2D eigenvalue weighted by Crippen LogP contribution is -2.54. The van der Waals surface area contributed by atoms with Gasteiger partial charge in [-0.05, 0) is 30.4 Å². The Kier molecular flexibility index (Phi) is 4.10. The molecule has 0 radical (unpaired) electrons. The van der Waals surface area contributed by atoms with E-state index in [9.17, 15) is 9.59 Å². The molecule has 1 saturated heterocycles. The van der Waals surface area contributed by atoms with Gasteiger partial charge < -0.3 is 9.80 Å². The van der Waals surface area contributed by atoms with Crippen molar-refractivity contribution in [1.82, 2.24) is 20.0 Å². The Morgan fingerprint density at radius 1 is 1.29 bits per heavy atom. The maximum Gasteiger partial charge on any atom is 0.272 e. The van der Waals surface area contributed by atoms with Crippen LogP contribution in [0, 0.1) is 0 Å². The highest BCUT2D eigenvalue weighted by molar-refractivity contribution is 7.08. The topological polar surface area (TPSA) is 69.3 Å². The van der Waals surface area contributed by atoms with Gasteiger partial charge in [0.15, 0.2) is 0 Å². The number of nitrogens with zero attached hydrogens (tertiary/aromatic N) is 3. The highest BCUT2D eigenvalue weighted by Gasteiger charge is 2.33. The van der Waals surface area contributed by atoms with Crippen LogP contribution in [-0.4, -0.2) is 57.5 Å². The molecule has 1 aliphatic carbocycles. The third kappa shape index (κ3) is 2.84. The standard InChI is InChI=1S/C17H20N4O2S/c22-16-10-20(6-7-21(16)13-3-1-2-4-13)17(23)15-9-14(18-19-15)12-5-8-24-11-12/h5,8-9,11,13H,1-4,6-7,10H2,(H,18,19). The van der Waals surface area contributed by atoms with E-state index in [-0.39, 0.29) is 18.4 Å². The molecule has 0 spiro atoms. The molecule has 2 amide bonds. The quantitative estimate of drug-likeness (QED) is 0.929. The number of thiophene rings is 1. The summed E-state index contributed by atoms with van der Waals surface area (Å²) >= 11 is 1.59. The Morgan fingerprint density at radius 2 is 2.12 bits per heavy atom. The Morgan fingerprint density at radius 3 is 2.83 bits per heavy atom. The van der Waals surface area contributed by atoms with Crippen LogP contribution in [0.5, 0.6) is 0 Å². The highest BCUT2D eigenvalue weighted by Crippen LogP contribution is 2.25. The molecule has 1 saturated carbocycles. The SMILES string of the molecule is O=C(c1cc(-c2ccsc2)n[nH]1)N1CCN(C2CCCC2)C(=O)C1. The van der Waals surface area contributed by atoms with Gasteiger partial charge >= 0.3 is 0 Å².